The van der Waals surface area contributed by atoms with Gasteiger partial charge < -0.3 is 5.32 Å². The van der Waals surface area contributed by atoms with Crippen LogP contribution in [-0.2, 0) is 6.54 Å². The minimum absolute atomic E-state index is 0.290. The fourth-order valence-electron chi connectivity index (χ4n) is 2.62. The molecule has 0 bridgehead atoms. The molecule has 0 aliphatic carbocycles. The number of aryl methyl sites for hydroxylation is 1. The van der Waals surface area contributed by atoms with Crippen molar-refractivity contribution in [2.75, 3.05) is 18.1 Å². The van der Waals surface area contributed by atoms with Crippen molar-refractivity contribution in [3.05, 3.63) is 16.9 Å². The van der Waals surface area contributed by atoms with Crippen LogP contribution >= 0.6 is 35.1 Å². The summed E-state index contributed by atoms with van der Waals surface area (Å²) in [7, 11) is 0. The van der Waals surface area contributed by atoms with Gasteiger partial charge >= 0.3 is 0 Å². The van der Waals surface area contributed by atoms with Gasteiger partial charge in [-0.15, -0.1) is 0 Å². The molecule has 114 valence electrons. The first-order valence-electron chi connectivity index (χ1n) is 7.36. The highest BCUT2D eigenvalue weighted by molar-refractivity contribution is 8.07. The molecule has 1 aromatic rings. The summed E-state index contributed by atoms with van der Waals surface area (Å²) in [5.41, 5.74) is 1.16. The number of aromatic nitrogens is 2. The van der Waals surface area contributed by atoms with E-state index >= 15 is 0 Å². The first-order chi connectivity index (χ1) is 9.69. The molecule has 1 aliphatic heterocycles. The van der Waals surface area contributed by atoms with Crippen molar-refractivity contribution in [1.82, 2.24) is 15.1 Å². The molecule has 1 fully saturated rings. The molecule has 3 atom stereocenters. The van der Waals surface area contributed by atoms with Gasteiger partial charge in [0.25, 0.3) is 0 Å². The molecule has 0 spiro atoms. The topological polar surface area (TPSA) is 29.9 Å². The fraction of sp³-hybridized carbons (Fsp3) is 0.786. The molecule has 1 aromatic heterocycles. The van der Waals surface area contributed by atoms with Gasteiger partial charge in [0.05, 0.1) is 23.0 Å². The molecule has 0 saturated carbocycles. The molecule has 0 aromatic carbocycles. The highest BCUT2D eigenvalue weighted by atomic mass is 35.5. The molecule has 1 saturated heterocycles. The Morgan fingerprint density at radius 1 is 1.45 bits per heavy atom. The van der Waals surface area contributed by atoms with E-state index in [1.165, 1.54) is 11.5 Å². The summed E-state index contributed by atoms with van der Waals surface area (Å²) < 4.78 is 2.04. The van der Waals surface area contributed by atoms with Crippen LogP contribution in [0.4, 0.5) is 0 Å². The average Bonchev–Trinajstić information content (AvgIpc) is 2.82. The second kappa shape index (κ2) is 7.97. The van der Waals surface area contributed by atoms with E-state index in [0.717, 1.165) is 30.2 Å². The molecule has 1 N–H and O–H groups in total. The van der Waals surface area contributed by atoms with Gasteiger partial charge in [0.2, 0.25) is 0 Å². The van der Waals surface area contributed by atoms with Crippen LogP contribution < -0.4 is 5.32 Å². The number of hydrogen-bond acceptors (Lipinski definition) is 4. The van der Waals surface area contributed by atoms with Gasteiger partial charge in [0.15, 0.2) is 0 Å². The van der Waals surface area contributed by atoms with E-state index in [-0.39, 0.29) is 6.04 Å². The van der Waals surface area contributed by atoms with Crippen molar-refractivity contribution < 1.29 is 0 Å². The quantitative estimate of drug-likeness (QED) is 0.856. The summed E-state index contributed by atoms with van der Waals surface area (Å²) in [4.78, 5) is 0. The lowest BCUT2D eigenvalue weighted by Gasteiger charge is -2.35. The Bertz CT molecular complexity index is 425. The molecular weight excluding hydrogens is 310 g/mol. The minimum atomic E-state index is 0.290. The van der Waals surface area contributed by atoms with Crippen molar-refractivity contribution in [3.63, 3.8) is 0 Å². The second-order valence-electron chi connectivity index (χ2n) is 5.04. The van der Waals surface area contributed by atoms with Crippen LogP contribution in [0.25, 0.3) is 0 Å². The lowest BCUT2D eigenvalue weighted by Crippen LogP contribution is -2.39. The van der Waals surface area contributed by atoms with Crippen LogP contribution in [0.2, 0.25) is 5.02 Å². The minimum Gasteiger partial charge on any atom is -0.308 e. The number of rotatable bonds is 6. The van der Waals surface area contributed by atoms with Crippen LogP contribution in [0.3, 0.4) is 0 Å². The van der Waals surface area contributed by atoms with E-state index in [1.54, 1.807) is 6.20 Å². The van der Waals surface area contributed by atoms with Gasteiger partial charge in [-0.2, -0.15) is 28.6 Å². The van der Waals surface area contributed by atoms with Gasteiger partial charge in [-0.25, -0.2) is 0 Å². The Balaban J connectivity index is 2.28. The number of nitrogens with one attached hydrogen (secondary N) is 1. The van der Waals surface area contributed by atoms with Gasteiger partial charge in [0, 0.05) is 28.6 Å². The Hall–Kier alpha value is 0.160. The van der Waals surface area contributed by atoms with Crippen LogP contribution in [-0.4, -0.2) is 38.3 Å². The van der Waals surface area contributed by atoms with E-state index in [1.807, 2.05) is 4.68 Å². The molecule has 3 unspecified atom stereocenters. The summed E-state index contributed by atoms with van der Waals surface area (Å²) in [6.07, 6.45) is 2.92. The van der Waals surface area contributed by atoms with Crippen LogP contribution in [0.15, 0.2) is 6.20 Å². The third-order valence-corrected chi connectivity index (χ3v) is 7.09. The normalized spacial score (nSPS) is 24.8. The summed E-state index contributed by atoms with van der Waals surface area (Å²) >= 11 is 10.6. The van der Waals surface area contributed by atoms with Crippen molar-refractivity contribution in [2.45, 2.75) is 50.3 Å². The summed E-state index contributed by atoms with van der Waals surface area (Å²) in [5.74, 6) is 2.48. The van der Waals surface area contributed by atoms with E-state index in [4.69, 9.17) is 11.6 Å². The second-order valence-corrected chi connectivity index (χ2v) is 8.21. The Morgan fingerprint density at radius 3 is 2.85 bits per heavy atom. The van der Waals surface area contributed by atoms with E-state index in [0.29, 0.717) is 10.5 Å². The molecule has 2 rings (SSSR count). The SMILES string of the molecule is CCCNC(c1c(Cl)cnn1CC)C1SCCSC1C. The van der Waals surface area contributed by atoms with E-state index in [2.05, 4.69) is 54.7 Å². The van der Waals surface area contributed by atoms with Gasteiger partial charge in [-0.3, -0.25) is 4.68 Å². The van der Waals surface area contributed by atoms with E-state index in [9.17, 15) is 0 Å². The molecule has 6 heteroatoms. The third kappa shape index (κ3) is 3.67. The number of nitrogens with zero attached hydrogens (tertiary/aromatic N) is 2. The highest BCUT2D eigenvalue weighted by Crippen LogP contribution is 2.40. The van der Waals surface area contributed by atoms with Gasteiger partial charge in [-0.1, -0.05) is 25.4 Å². The van der Waals surface area contributed by atoms with Gasteiger partial charge in [0.1, 0.15) is 0 Å². The Labute approximate surface area is 135 Å². The predicted octanol–water partition coefficient (Wildman–Crippen LogP) is 3.83. The zero-order chi connectivity index (χ0) is 14.5. The van der Waals surface area contributed by atoms with E-state index < -0.39 is 0 Å². The van der Waals surface area contributed by atoms with Crippen molar-refractivity contribution in [2.24, 2.45) is 0 Å². The maximum absolute atomic E-state index is 6.42. The predicted molar refractivity (Wildman–Crippen MR) is 92.1 cm³/mol. The molecule has 20 heavy (non-hydrogen) atoms. The fourth-order valence-corrected chi connectivity index (χ4v) is 5.80. The number of thioether (sulfide) groups is 2. The largest absolute Gasteiger partial charge is 0.308 e. The van der Waals surface area contributed by atoms with Crippen LogP contribution in [0.5, 0.6) is 0 Å². The summed E-state index contributed by atoms with van der Waals surface area (Å²) in [6.45, 7) is 8.54. The van der Waals surface area contributed by atoms with Crippen molar-refractivity contribution >= 4 is 35.1 Å². The first kappa shape index (κ1) is 16.5. The summed E-state index contributed by atoms with van der Waals surface area (Å²) in [6, 6.07) is 0.290. The van der Waals surface area contributed by atoms with Crippen LogP contribution in [0.1, 0.15) is 38.9 Å². The first-order valence-corrected chi connectivity index (χ1v) is 9.84. The monoisotopic (exact) mass is 333 g/mol. The zero-order valence-corrected chi connectivity index (χ0v) is 14.8. The summed E-state index contributed by atoms with van der Waals surface area (Å²) in [5, 5.41) is 10.1. The smallest absolute Gasteiger partial charge is 0.0834 e. The number of hydrogen-bond donors (Lipinski definition) is 1. The van der Waals surface area contributed by atoms with Crippen molar-refractivity contribution in [3.8, 4) is 0 Å². The molecule has 2 heterocycles. The lowest BCUT2D eigenvalue weighted by molar-refractivity contribution is 0.464. The zero-order valence-electron chi connectivity index (χ0n) is 12.4. The molecule has 1 aliphatic rings. The maximum atomic E-state index is 6.42. The third-order valence-electron chi connectivity index (χ3n) is 3.61. The molecule has 0 radical (unpaired) electrons. The Morgan fingerprint density at radius 2 is 2.20 bits per heavy atom. The van der Waals surface area contributed by atoms with Crippen molar-refractivity contribution in [1.29, 1.82) is 0 Å². The Kier molecular flexibility index (Phi) is 6.59. The highest BCUT2D eigenvalue weighted by Gasteiger charge is 2.34. The van der Waals surface area contributed by atoms with Crippen LogP contribution in [0, 0.1) is 0 Å². The van der Waals surface area contributed by atoms with Gasteiger partial charge in [-0.05, 0) is 19.9 Å². The molecule has 0 amide bonds. The average molecular weight is 334 g/mol. The maximum Gasteiger partial charge on any atom is 0.0834 e. The standard InChI is InChI=1S/C14H24ClN3S2/c1-4-6-16-12(14-10(3)19-7-8-20-14)13-11(15)9-17-18(13)5-2/h9-10,12,14,16H,4-8H2,1-3H3. The lowest BCUT2D eigenvalue weighted by atomic mass is 10.1. The molecule has 3 nitrogen and oxygen atoms in total. The number of halogens is 1. The molecular formula is C14H24ClN3S2.